The lowest BCUT2D eigenvalue weighted by Crippen LogP contribution is -2.72. The fourth-order valence-electron chi connectivity index (χ4n) is 5.83. The van der Waals surface area contributed by atoms with Crippen LogP contribution in [0.4, 0.5) is 0 Å². The number of carbonyl (C=O) groups is 2. The van der Waals surface area contributed by atoms with Gasteiger partial charge in [0.1, 0.15) is 0 Å². The molecule has 1 spiro atoms. The predicted octanol–water partition coefficient (Wildman–Crippen LogP) is 2.56. The summed E-state index contributed by atoms with van der Waals surface area (Å²) in [5, 5.41) is 10.3. The van der Waals surface area contributed by atoms with Crippen LogP contribution in [0.2, 0.25) is 0 Å². The Bertz CT molecular complexity index is 840. The van der Waals surface area contributed by atoms with E-state index in [0.29, 0.717) is 16.7 Å². The number of ether oxygens (including phenoxy) is 1. The molecule has 0 radical (unpaired) electrons. The molecular formula is C20H20O4. The molecule has 5 atom stereocenters. The van der Waals surface area contributed by atoms with Crippen LogP contribution >= 0.6 is 0 Å². The maximum Gasteiger partial charge on any atom is 0.200 e. The van der Waals surface area contributed by atoms with Crippen molar-refractivity contribution in [3.63, 3.8) is 0 Å². The van der Waals surface area contributed by atoms with E-state index in [9.17, 15) is 14.7 Å². The zero-order valence-electron chi connectivity index (χ0n) is 13.8. The normalized spacial score (nSPS) is 45.0. The molecule has 1 aromatic rings. The Morgan fingerprint density at radius 3 is 2.62 bits per heavy atom. The first-order chi connectivity index (χ1) is 11.4. The summed E-state index contributed by atoms with van der Waals surface area (Å²) in [7, 11) is 0. The molecule has 1 saturated heterocycles. The molecule has 24 heavy (non-hydrogen) atoms. The molecule has 4 bridgehead atoms. The number of benzene rings is 1. The average molecular weight is 324 g/mol. The number of aliphatic hydroxyl groups is 1. The van der Waals surface area contributed by atoms with Crippen molar-refractivity contribution < 1.29 is 19.4 Å². The van der Waals surface area contributed by atoms with Crippen LogP contribution in [-0.2, 0) is 4.74 Å². The number of aliphatic hydroxyl groups excluding tert-OH is 1. The minimum Gasteiger partial charge on any atom is -0.396 e. The van der Waals surface area contributed by atoms with E-state index in [1.807, 2.05) is 19.9 Å². The lowest BCUT2D eigenvalue weighted by molar-refractivity contribution is -0.236. The maximum absolute atomic E-state index is 13.6. The van der Waals surface area contributed by atoms with E-state index in [4.69, 9.17) is 4.74 Å². The summed E-state index contributed by atoms with van der Waals surface area (Å²) in [6.07, 6.45) is 3.76. The highest BCUT2D eigenvalue weighted by atomic mass is 16.5. The lowest BCUT2D eigenvalue weighted by atomic mass is 9.49. The van der Waals surface area contributed by atoms with Crippen LogP contribution in [-0.4, -0.2) is 34.5 Å². The van der Waals surface area contributed by atoms with Gasteiger partial charge >= 0.3 is 0 Å². The molecule has 124 valence electrons. The Balaban J connectivity index is 1.87. The maximum atomic E-state index is 13.6. The molecule has 2 heterocycles. The molecule has 0 unspecified atom stereocenters. The van der Waals surface area contributed by atoms with Crippen molar-refractivity contribution in [2.75, 3.05) is 6.61 Å². The highest BCUT2D eigenvalue weighted by molar-refractivity contribution is 6.27. The second kappa shape index (κ2) is 4.06. The number of hydrogen-bond donors (Lipinski definition) is 1. The molecular weight excluding hydrogens is 304 g/mol. The Labute approximate surface area is 140 Å². The van der Waals surface area contributed by atoms with E-state index >= 15 is 0 Å². The van der Waals surface area contributed by atoms with E-state index in [2.05, 4.69) is 0 Å². The van der Waals surface area contributed by atoms with Crippen molar-refractivity contribution >= 4 is 11.6 Å². The second-order valence-corrected chi connectivity index (χ2v) is 8.13. The van der Waals surface area contributed by atoms with Crippen LogP contribution in [0, 0.1) is 17.3 Å². The van der Waals surface area contributed by atoms with Crippen LogP contribution < -0.4 is 0 Å². The quantitative estimate of drug-likeness (QED) is 0.862. The zero-order chi connectivity index (χ0) is 16.9. The Morgan fingerprint density at radius 1 is 1.21 bits per heavy atom. The highest BCUT2D eigenvalue weighted by Gasteiger charge is 2.75. The van der Waals surface area contributed by atoms with Gasteiger partial charge in [-0.1, -0.05) is 37.3 Å². The number of Topliss-reactive ketones (excluding diaryl/α,β-unsaturated/α-hetero) is 2. The van der Waals surface area contributed by atoms with Gasteiger partial charge in [0, 0.05) is 28.0 Å². The first kappa shape index (κ1) is 14.6. The van der Waals surface area contributed by atoms with E-state index in [1.54, 1.807) is 24.3 Å². The molecule has 6 rings (SSSR count). The Kier molecular flexibility index (Phi) is 2.46. The number of rotatable bonds is 1. The average Bonchev–Trinajstić information content (AvgIpc) is 2.90. The zero-order valence-corrected chi connectivity index (χ0v) is 13.8. The fraction of sp³-hybridized carbons (Fsp3) is 0.500. The lowest BCUT2D eigenvalue weighted by Gasteiger charge is -2.63. The summed E-state index contributed by atoms with van der Waals surface area (Å²) in [5.74, 6) is -0.0606. The topological polar surface area (TPSA) is 63.6 Å². The molecule has 1 saturated carbocycles. The Morgan fingerprint density at radius 2 is 1.92 bits per heavy atom. The van der Waals surface area contributed by atoms with Crippen LogP contribution in [0.5, 0.6) is 0 Å². The van der Waals surface area contributed by atoms with Gasteiger partial charge < -0.3 is 9.84 Å². The van der Waals surface area contributed by atoms with E-state index < -0.39 is 16.6 Å². The highest BCUT2D eigenvalue weighted by Crippen LogP contribution is 2.68. The van der Waals surface area contributed by atoms with Gasteiger partial charge in [0.2, 0.25) is 5.78 Å². The second-order valence-electron chi connectivity index (χ2n) is 8.13. The number of carbonyl (C=O) groups excluding carboxylic acids is 2. The summed E-state index contributed by atoms with van der Waals surface area (Å²) < 4.78 is 6.50. The summed E-state index contributed by atoms with van der Waals surface area (Å²) >= 11 is 0. The molecule has 2 aliphatic heterocycles. The predicted molar refractivity (Wildman–Crippen MR) is 86.8 cm³/mol. The van der Waals surface area contributed by atoms with Crippen LogP contribution in [0.1, 0.15) is 47.4 Å². The van der Waals surface area contributed by atoms with Gasteiger partial charge in [0.05, 0.1) is 12.2 Å². The smallest absolute Gasteiger partial charge is 0.200 e. The summed E-state index contributed by atoms with van der Waals surface area (Å²) in [6.45, 7) is 3.80. The number of hydrogen-bond acceptors (Lipinski definition) is 4. The molecule has 0 aromatic heterocycles. The molecule has 4 nitrogen and oxygen atoms in total. The van der Waals surface area contributed by atoms with E-state index in [0.717, 1.165) is 12.8 Å². The molecule has 5 aliphatic rings. The molecule has 1 N–H and O–H groups in total. The van der Waals surface area contributed by atoms with Gasteiger partial charge in [0.25, 0.3) is 0 Å². The van der Waals surface area contributed by atoms with Crippen molar-refractivity contribution in [3.8, 4) is 0 Å². The van der Waals surface area contributed by atoms with Gasteiger partial charge in [-0.25, -0.2) is 0 Å². The van der Waals surface area contributed by atoms with Crippen molar-refractivity contribution in [2.24, 2.45) is 17.3 Å². The Hall–Kier alpha value is -1.78. The SMILES string of the molecule is C[C@@]12CC[C@H]3[C@@H]1C=C1C(=O)c4ccccc4C(=O)[C@]1(O2)[C@]3(C)CO. The van der Waals surface area contributed by atoms with Crippen molar-refractivity contribution in [1.29, 1.82) is 0 Å². The number of ketones is 2. The third-order valence-electron chi connectivity index (χ3n) is 7.13. The summed E-state index contributed by atoms with van der Waals surface area (Å²) in [6, 6.07) is 6.96. The van der Waals surface area contributed by atoms with Crippen molar-refractivity contribution in [2.45, 2.75) is 37.9 Å². The van der Waals surface area contributed by atoms with E-state index in [-0.39, 0.29) is 30.0 Å². The minimum absolute atomic E-state index is 0.0773. The summed E-state index contributed by atoms with van der Waals surface area (Å²) in [4.78, 5) is 26.7. The molecule has 2 fully saturated rings. The van der Waals surface area contributed by atoms with Gasteiger partial charge in [-0.05, 0) is 25.7 Å². The van der Waals surface area contributed by atoms with Crippen molar-refractivity contribution in [3.05, 3.63) is 47.0 Å². The molecule has 1 aromatic carbocycles. The molecule has 4 heteroatoms. The first-order valence-corrected chi connectivity index (χ1v) is 8.61. The fourth-order valence-corrected chi connectivity index (χ4v) is 5.83. The molecule has 0 amide bonds. The minimum atomic E-state index is -1.35. The monoisotopic (exact) mass is 324 g/mol. The first-order valence-electron chi connectivity index (χ1n) is 8.61. The summed E-state index contributed by atoms with van der Waals surface area (Å²) in [5.41, 5.74) is -1.22. The van der Waals surface area contributed by atoms with Crippen LogP contribution in [0.25, 0.3) is 0 Å². The number of fused-ring (bicyclic) bond motifs is 1. The van der Waals surface area contributed by atoms with Crippen LogP contribution in [0.3, 0.4) is 0 Å². The standard InChI is InChI=1S/C20H20O4/c1-18(10-21)13-7-8-19(2)14(13)9-15-16(22)11-5-3-4-6-12(11)17(23)20(15,18)24-19/h3-6,9,13-14,21H,7-8,10H2,1-2H3/t13-,14-,18+,19+,20-/m0/s1. The van der Waals surface area contributed by atoms with E-state index in [1.165, 1.54) is 0 Å². The van der Waals surface area contributed by atoms with Gasteiger partial charge in [-0.3, -0.25) is 9.59 Å². The van der Waals surface area contributed by atoms with Gasteiger partial charge in [-0.2, -0.15) is 0 Å². The molecule has 3 aliphatic carbocycles. The van der Waals surface area contributed by atoms with Crippen molar-refractivity contribution in [1.82, 2.24) is 0 Å². The van der Waals surface area contributed by atoms with Crippen LogP contribution in [0.15, 0.2) is 35.9 Å². The van der Waals surface area contributed by atoms with Gasteiger partial charge in [0.15, 0.2) is 11.4 Å². The third-order valence-corrected chi connectivity index (χ3v) is 7.13. The van der Waals surface area contributed by atoms with Gasteiger partial charge in [-0.15, -0.1) is 0 Å². The largest absolute Gasteiger partial charge is 0.396 e. The third kappa shape index (κ3) is 1.25.